The number of aromatic nitrogens is 3. The minimum atomic E-state index is -0.528. The molecule has 1 amide bonds. The number of aryl methyl sites for hydroxylation is 1. The minimum Gasteiger partial charge on any atom is -0.462 e. The normalized spacial score (nSPS) is 10.6. The summed E-state index contributed by atoms with van der Waals surface area (Å²) in [5.41, 5.74) is 2.18. The number of rotatable bonds is 8. The van der Waals surface area contributed by atoms with Gasteiger partial charge in [0, 0.05) is 19.2 Å². The molecule has 0 bridgehead atoms. The molecule has 0 unspecified atom stereocenters. The largest absolute Gasteiger partial charge is 0.462 e. The maximum atomic E-state index is 12.9. The zero-order valence-corrected chi connectivity index (χ0v) is 20.2. The van der Waals surface area contributed by atoms with Crippen LogP contribution in [0.25, 0.3) is 5.69 Å². The molecule has 0 radical (unpaired) electrons. The standard InChI is InChI=1S/C24H25N5O4S/c1-5-33-24(32)19-13-17(14-25)22(26-15(19)2)34-12-11-20(30)27-21-16(3)28(4)29(23(21)31)18-9-7-6-8-10-18/h6-10,13H,5,11-12H2,1-4H3,(H,27,30). The van der Waals surface area contributed by atoms with Crippen molar-refractivity contribution in [2.75, 3.05) is 17.7 Å². The molecule has 0 spiro atoms. The number of hydrogen-bond donors (Lipinski definition) is 1. The molecule has 3 aromatic rings. The molecule has 0 atom stereocenters. The van der Waals surface area contributed by atoms with Crippen molar-refractivity contribution in [2.24, 2.45) is 7.05 Å². The summed E-state index contributed by atoms with van der Waals surface area (Å²) in [5.74, 6) is -0.513. The van der Waals surface area contributed by atoms with Gasteiger partial charge in [0.2, 0.25) is 5.91 Å². The van der Waals surface area contributed by atoms with Crippen LogP contribution in [0.5, 0.6) is 0 Å². The van der Waals surface area contributed by atoms with Crippen molar-refractivity contribution in [2.45, 2.75) is 32.2 Å². The Bertz CT molecular complexity index is 1320. The van der Waals surface area contributed by atoms with Crippen LogP contribution in [0.1, 0.15) is 40.7 Å². The summed E-state index contributed by atoms with van der Waals surface area (Å²) in [7, 11) is 1.76. The first-order valence-corrected chi connectivity index (χ1v) is 11.6. The lowest BCUT2D eigenvalue weighted by Gasteiger charge is -2.09. The van der Waals surface area contributed by atoms with Crippen molar-refractivity contribution in [1.82, 2.24) is 14.3 Å². The molecule has 0 saturated heterocycles. The van der Waals surface area contributed by atoms with Gasteiger partial charge in [-0.05, 0) is 39.0 Å². The van der Waals surface area contributed by atoms with Gasteiger partial charge < -0.3 is 10.1 Å². The van der Waals surface area contributed by atoms with Crippen molar-refractivity contribution in [1.29, 1.82) is 5.26 Å². The SMILES string of the molecule is CCOC(=O)c1cc(C#N)c(SCCC(=O)Nc2c(C)n(C)n(-c3ccccc3)c2=O)nc1C. The van der Waals surface area contributed by atoms with E-state index in [4.69, 9.17) is 4.74 Å². The van der Waals surface area contributed by atoms with Gasteiger partial charge in [-0.15, -0.1) is 11.8 Å². The predicted octanol–water partition coefficient (Wildman–Crippen LogP) is 3.36. The summed E-state index contributed by atoms with van der Waals surface area (Å²) in [6.45, 7) is 5.36. The number of amides is 1. The average Bonchev–Trinajstić information content (AvgIpc) is 3.03. The number of nitrogens with one attached hydrogen (secondary N) is 1. The van der Waals surface area contributed by atoms with Crippen LogP contribution in [-0.4, -0.2) is 38.6 Å². The quantitative estimate of drug-likeness (QED) is 0.389. The fourth-order valence-electron chi connectivity index (χ4n) is 3.34. The molecule has 0 aliphatic carbocycles. The van der Waals surface area contributed by atoms with Gasteiger partial charge in [0.05, 0.1) is 34.8 Å². The van der Waals surface area contributed by atoms with E-state index in [2.05, 4.69) is 10.3 Å². The van der Waals surface area contributed by atoms with Crippen LogP contribution >= 0.6 is 11.8 Å². The van der Waals surface area contributed by atoms with E-state index in [1.54, 1.807) is 32.5 Å². The number of benzene rings is 1. The van der Waals surface area contributed by atoms with Crippen molar-refractivity contribution in [3.8, 4) is 11.8 Å². The number of carbonyl (C=O) groups excluding carboxylic acids is 2. The molecule has 0 aliphatic rings. The summed E-state index contributed by atoms with van der Waals surface area (Å²) < 4.78 is 8.19. The number of esters is 1. The van der Waals surface area contributed by atoms with E-state index in [0.717, 1.165) is 0 Å². The Morgan fingerprint density at radius 2 is 1.94 bits per heavy atom. The second-order valence-electron chi connectivity index (χ2n) is 7.39. The molecule has 10 heteroatoms. The summed E-state index contributed by atoms with van der Waals surface area (Å²) in [6.07, 6.45) is 0.106. The fraction of sp³-hybridized carbons (Fsp3) is 0.292. The second-order valence-corrected chi connectivity index (χ2v) is 8.47. The van der Waals surface area contributed by atoms with E-state index in [9.17, 15) is 19.6 Å². The maximum Gasteiger partial charge on any atom is 0.340 e. The van der Waals surface area contributed by atoms with Gasteiger partial charge in [0.1, 0.15) is 16.8 Å². The fourth-order valence-corrected chi connectivity index (χ4v) is 4.29. The average molecular weight is 480 g/mol. The van der Waals surface area contributed by atoms with Crippen LogP contribution in [0.3, 0.4) is 0 Å². The molecule has 0 aliphatic heterocycles. The Hall–Kier alpha value is -3.84. The van der Waals surface area contributed by atoms with Crippen LogP contribution in [0.4, 0.5) is 5.69 Å². The molecule has 0 fully saturated rings. The van der Waals surface area contributed by atoms with Crippen molar-refractivity contribution in [3.05, 3.63) is 69.3 Å². The van der Waals surface area contributed by atoms with Gasteiger partial charge in [-0.2, -0.15) is 5.26 Å². The molecule has 2 aromatic heterocycles. The monoisotopic (exact) mass is 479 g/mol. The molecule has 1 N–H and O–H groups in total. The van der Waals surface area contributed by atoms with E-state index in [0.29, 0.717) is 27.9 Å². The van der Waals surface area contributed by atoms with Crippen LogP contribution < -0.4 is 10.9 Å². The molecule has 9 nitrogen and oxygen atoms in total. The Morgan fingerprint density at radius 1 is 1.24 bits per heavy atom. The zero-order valence-electron chi connectivity index (χ0n) is 19.4. The van der Waals surface area contributed by atoms with Gasteiger partial charge in [-0.25, -0.2) is 14.5 Å². The zero-order chi connectivity index (χ0) is 24.8. The molecular formula is C24H25N5O4S. The number of carbonyl (C=O) groups is 2. The number of pyridine rings is 1. The summed E-state index contributed by atoms with van der Waals surface area (Å²) in [4.78, 5) is 41.9. The van der Waals surface area contributed by atoms with Crippen molar-refractivity contribution >= 4 is 29.3 Å². The highest BCUT2D eigenvalue weighted by Gasteiger charge is 2.19. The molecule has 1 aromatic carbocycles. The van der Waals surface area contributed by atoms with E-state index in [1.165, 1.54) is 22.5 Å². The number of para-hydroxylation sites is 1. The van der Waals surface area contributed by atoms with Gasteiger partial charge in [0.15, 0.2) is 0 Å². The molecule has 0 saturated carbocycles. The lowest BCUT2D eigenvalue weighted by atomic mass is 10.1. The number of anilines is 1. The topological polar surface area (TPSA) is 119 Å². The Morgan fingerprint density at radius 3 is 2.59 bits per heavy atom. The third kappa shape index (κ3) is 5.21. The molecular weight excluding hydrogens is 454 g/mol. The number of nitriles is 1. The summed E-state index contributed by atoms with van der Waals surface area (Å²) >= 11 is 1.24. The summed E-state index contributed by atoms with van der Waals surface area (Å²) in [5, 5.41) is 12.6. The van der Waals surface area contributed by atoms with E-state index in [-0.39, 0.29) is 41.3 Å². The van der Waals surface area contributed by atoms with Crippen LogP contribution in [0, 0.1) is 25.2 Å². The van der Waals surface area contributed by atoms with E-state index >= 15 is 0 Å². The predicted molar refractivity (Wildman–Crippen MR) is 129 cm³/mol. The first kappa shape index (κ1) is 24.8. The van der Waals surface area contributed by atoms with E-state index < -0.39 is 5.97 Å². The molecule has 176 valence electrons. The highest BCUT2D eigenvalue weighted by Crippen LogP contribution is 2.24. The molecule has 3 rings (SSSR count). The first-order chi connectivity index (χ1) is 16.3. The van der Waals surface area contributed by atoms with Gasteiger partial charge in [-0.1, -0.05) is 18.2 Å². The summed E-state index contributed by atoms with van der Waals surface area (Å²) in [6, 6.07) is 12.7. The van der Waals surface area contributed by atoms with Crippen molar-refractivity contribution < 1.29 is 14.3 Å². The smallest absolute Gasteiger partial charge is 0.340 e. The first-order valence-electron chi connectivity index (χ1n) is 10.6. The number of ether oxygens (including phenoxy) is 1. The lowest BCUT2D eigenvalue weighted by molar-refractivity contribution is -0.115. The minimum absolute atomic E-state index is 0.106. The second kappa shape index (κ2) is 10.9. The number of thioether (sulfide) groups is 1. The van der Waals surface area contributed by atoms with Crippen molar-refractivity contribution in [3.63, 3.8) is 0 Å². The lowest BCUT2D eigenvalue weighted by Crippen LogP contribution is -2.23. The van der Waals surface area contributed by atoms with Gasteiger partial charge in [-0.3, -0.25) is 14.3 Å². The third-order valence-corrected chi connectivity index (χ3v) is 6.17. The highest BCUT2D eigenvalue weighted by atomic mass is 32.2. The Kier molecular flexibility index (Phi) is 7.91. The number of nitrogens with zero attached hydrogens (tertiary/aromatic N) is 4. The Balaban J connectivity index is 1.69. The molecule has 2 heterocycles. The Labute approximate surface area is 201 Å². The maximum absolute atomic E-state index is 12.9. The van der Waals surface area contributed by atoms with E-state index in [1.807, 2.05) is 36.4 Å². The highest BCUT2D eigenvalue weighted by molar-refractivity contribution is 7.99. The third-order valence-electron chi connectivity index (χ3n) is 5.18. The van der Waals surface area contributed by atoms with Crippen LogP contribution in [0.2, 0.25) is 0 Å². The van der Waals surface area contributed by atoms with Gasteiger partial charge >= 0.3 is 5.97 Å². The van der Waals surface area contributed by atoms with Gasteiger partial charge in [0.25, 0.3) is 5.56 Å². The number of hydrogen-bond acceptors (Lipinski definition) is 7. The molecule has 34 heavy (non-hydrogen) atoms. The van der Waals surface area contributed by atoms with Crippen LogP contribution in [0.15, 0.2) is 46.2 Å². The van der Waals surface area contributed by atoms with Crippen LogP contribution in [-0.2, 0) is 16.6 Å².